The zero-order chi connectivity index (χ0) is 8.55. The van der Waals surface area contributed by atoms with Gasteiger partial charge in [-0.2, -0.15) is 5.10 Å². The lowest BCUT2D eigenvalue weighted by Crippen LogP contribution is -2.10. The zero-order valence-corrected chi connectivity index (χ0v) is 7.94. The van der Waals surface area contributed by atoms with Crippen molar-refractivity contribution in [3.63, 3.8) is 0 Å². The van der Waals surface area contributed by atoms with Crippen molar-refractivity contribution >= 4 is 23.2 Å². The van der Waals surface area contributed by atoms with Gasteiger partial charge in [-0.3, -0.25) is 0 Å². The summed E-state index contributed by atoms with van der Waals surface area (Å²) in [5.74, 6) is 0.514. The molecule has 0 aliphatic heterocycles. The van der Waals surface area contributed by atoms with Gasteiger partial charge in [0.05, 0.1) is 11.2 Å². The van der Waals surface area contributed by atoms with Gasteiger partial charge in [0.2, 0.25) is 0 Å². The summed E-state index contributed by atoms with van der Waals surface area (Å²) in [6.45, 7) is 0. The fraction of sp³-hybridized carbons (Fsp3) is 0.500. The molecule has 0 N–H and O–H groups in total. The Kier molecular flexibility index (Phi) is 2.20. The Morgan fingerprint density at radius 3 is 2.58 bits per heavy atom. The first-order valence-electron chi connectivity index (χ1n) is 3.95. The van der Waals surface area contributed by atoms with Crippen LogP contribution in [0, 0.1) is 0 Å². The highest BCUT2D eigenvalue weighted by atomic mass is 35.5. The normalized spacial score (nSPS) is 17.5. The third kappa shape index (κ3) is 1.29. The van der Waals surface area contributed by atoms with E-state index < -0.39 is 0 Å². The highest BCUT2D eigenvalue weighted by molar-refractivity contribution is 6.35. The van der Waals surface area contributed by atoms with Crippen LogP contribution in [0.4, 0.5) is 0 Å². The average molecular weight is 203 g/mol. The first kappa shape index (κ1) is 8.27. The SMILES string of the molecule is Clc1cnnc(Cl)c1C1CCC1. The van der Waals surface area contributed by atoms with Gasteiger partial charge in [0.25, 0.3) is 0 Å². The van der Waals surface area contributed by atoms with Crippen molar-refractivity contribution in [2.24, 2.45) is 0 Å². The van der Waals surface area contributed by atoms with E-state index in [4.69, 9.17) is 23.2 Å². The fourth-order valence-corrected chi connectivity index (χ4v) is 2.05. The molecule has 64 valence electrons. The van der Waals surface area contributed by atoms with Crippen molar-refractivity contribution in [3.05, 3.63) is 21.9 Å². The van der Waals surface area contributed by atoms with E-state index in [9.17, 15) is 0 Å². The maximum Gasteiger partial charge on any atom is 0.156 e. The molecule has 12 heavy (non-hydrogen) atoms. The lowest BCUT2D eigenvalue weighted by atomic mass is 9.81. The molecule has 1 heterocycles. The number of rotatable bonds is 1. The van der Waals surface area contributed by atoms with Gasteiger partial charge >= 0.3 is 0 Å². The van der Waals surface area contributed by atoms with E-state index in [2.05, 4.69) is 10.2 Å². The maximum atomic E-state index is 5.95. The molecule has 1 aliphatic rings. The number of hydrogen-bond donors (Lipinski definition) is 0. The summed E-state index contributed by atoms with van der Waals surface area (Å²) >= 11 is 11.8. The number of aromatic nitrogens is 2. The molecule has 2 rings (SSSR count). The third-order valence-corrected chi connectivity index (χ3v) is 2.89. The van der Waals surface area contributed by atoms with Crippen molar-refractivity contribution in [1.29, 1.82) is 0 Å². The molecule has 1 saturated carbocycles. The number of hydrogen-bond acceptors (Lipinski definition) is 2. The summed E-state index contributed by atoms with van der Waals surface area (Å²) < 4.78 is 0. The molecule has 0 amide bonds. The lowest BCUT2D eigenvalue weighted by molar-refractivity contribution is 0.418. The van der Waals surface area contributed by atoms with Crippen molar-refractivity contribution < 1.29 is 0 Å². The topological polar surface area (TPSA) is 25.8 Å². The van der Waals surface area contributed by atoms with Crippen LogP contribution in [0.25, 0.3) is 0 Å². The quantitative estimate of drug-likeness (QED) is 0.700. The van der Waals surface area contributed by atoms with Crippen LogP contribution in [0.2, 0.25) is 10.2 Å². The van der Waals surface area contributed by atoms with Gasteiger partial charge in [0.15, 0.2) is 5.15 Å². The minimum Gasteiger partial charge on any atom is -0.156 e. The van der Waals surface area contributed by atoms with Gasteiger partial charge in [0, 0.05) is 5.56 Å². The fourth-order valence-electron chi connectivity index (χ4n) is 1.41. The molecule has 0 bridgehead atoms. The Balaban J connectivity index is 2.39. The van der Waals surface area contributed by atoms with E-state index in [-0.39, 0.29) is 0 Å². The van der Waals surface area contributed by atoms with Crippen LogP contribution in [0.15, 0.2) is 6.20 Å². The Labute approximate surface area is 80.9 Å². The van der Waals surface area contributed by atoms with Gasteiger partial charge in [-0.25, -0.2) is 0 Å². The Morgan fingerprint density at radius 2 is 2.08 bits per heavy atom. The van der Waals surface area contributed by atoms with Crippen LogP contribution in [0.5, 0.6) is 0 Å². The Hall–Kier alpha value is -0.340. The molecule has 0 atom stereocenters. The summed E-state index contributed by atoms with van der Waals surface area (Å²) in [6.07, 6.45) is 5.16. The van der Waals surface area contributed by atoms with Crippen LogP contribution in [0.1, 0.15) is 30.7 Å². The molecular formula is C8H8Cl2N2. The number of halogens is 2. The second-order valence-electron chi connectivity index (χ2n) is 3.02. The summed E-state index contributed by atoms with van der Waals surface area (Å²) in [6, 6.07) is 0. The summed E-state index contributed by atoms with van der Waals surface area (Å²) in [7, 11) is 0. The van der Waals surface area contributed by atoms with Crippen LogP contribution in [-0.4, -0.2) is 10.2 Å². The lowest BCUT2D eigenvalue weighted by Gasteiger charge is -2.26. The summed E-state index contributed by atoms with van der Waals surface area (Å²) in [5.41, 5.74) is 0.986. The Bertz CT molecular complexity index is 277. The van der Waals surface area contributed by atoms with Crippen LogP contribution in [-0.2, 0) is 0 Å². The largest absolute Gasteiger partial charge is 0.156 e. The second-order valence-corrected chi connectivity index (χ2v) is 3.79. The Morgan fingerprint density at radius 1 is 1.33 bits per heavy atom. The molecule has 4 heteroatoms. The molecule has 1 aromatic rings. The van der Waals surface area contributed by atoms with Crippen LogP contribution >= 0.6 is 23.2 Å². The minimum atomic E-state index is 0.465. The van der Waals surface area contributed by atoms with Crippen molar-refractivity contribution in [3.8, 4) is 0 Å². The molecule has 0 unspecified atom stereocenters. The van der Waals surface area contributed by atoms with Gasteiger partial charge < -0.3 is 0 Å². The van der Waals surface area contributed by atoms with Crippen LogP contribution in [0.3, 0.4) is 0 Å². The highest BCUT2D eigenvalue weighted by Gasteiger charge is 2.24. The molecule has 0 spiro atoms. The molecule has 0 radical (unpaired) electrons. The summed E-state index contributed by atoms with van der Waals surface area (Å²) in [4.78, 5) is 0. The smallest absolute Gasteiger partial charge is 0.156 e. The zero-order valence-electron chi connectivity index (χ0n) is 6.43. The van der Waals surface area contributed by atoms with E-state index in [1.807, 2.05) is 0 Å². The molecule has 0 aromatic carbocycles. The molecule has 1 aromatic heterocycles. The minimum absolute atomic E-state index is 0.465. The highest BCUT2D eigenvalue weighted by Crippen LogP contribution is 2.41. The molecular weight excluding hydrogens is 195 g/mol. The van der Waals surface area contributed by atoms with E-state index in [1.54, 1.807) is 6.20 Å². The predicted molar refractivity (Wildman–Crippen MR) is 48.6 cm³/mol. The first-order chi connectivity index (χ1) is 5.79. The standard InChI is InChI=1S/C8H8Cl2N2/c9-6-4-11-12-8(10)7(6)5-2-1-3-5/h4-5H,1-3H2. The van der Waals surface area contributed by atoms with E-state index >= 15 is 0 Å². The van der Waals surface area contributed by atoms with Crippen LogP contribution < -0.4 is 0 Å². The third-order valence-electron chi connectivity index (χ3n) is 2.31. The van der Waals surface area contributed by atoms with Gasteiger partial charge in [-0.1, -0.05) is 29.6 Å². The molecule has 2 nitrogen and oxygen atoms in total. The summed E-state index contributed by atoms with van der Waals surface area (Å²) in [5, 5.41) is 8.56. The van der Waals surface area contributed by atoms with Crippen molar-refractivity contribution in [1.82, 2.24) is 10.2 Å². The molecule has 1 aliphatic carbocycles. The number of nitrogens with zero attached hydrogens (tertiary/aromatic N) is 2. The van der Waals surface area contributed by atoms with E-state index in [0.29, 0.717) is 16.1 Å². The van der Waals surface area contributed by atoms with E-state index in [1.165, 1.54) is 19.3 Å². The average Bonchev–Trinajstić information content (AvgIpc) is 1.93. The van der Waals surface area contributed by atoms with Crippen molar-refractivity contribution in [2.45, 2.75) is 25.2 Å². The molecule has 0 saturated heterocycles. The van der Waals surface area contributed by atoms with Gasteiger partial charge in [0.1, 0.15) is 0 Å². The molecule has 1 fully saturated rings. The maximum absolute atomic E-state index is 5.95. The van der Waals surface area contributed by atoms with Gasteiger partial charge in [-0.05, 0) is 18.8 Å². The van der Waals surface area contributed by atoms with E-state index in [0.717, 1.165) is 5.56 Å². The van der Waals surface area contributed by atoms with Crippen molar-refractivity contribution in [2.75, 3.05) is 0 Å². The predicted octanol–water partition coefficient (Wildman–Crippen LogP) is 3.05. The monoisotopic (exact) mass is 202 g/mol. The first-order valence-corrected chi connectivity index (χ1v) is 4.71. The van der Waals surface area contributed by atoms with Gasteiger partial charge in [-0.15, -0.1) is 5.10 Å². The second kappa shape index (κ2) is 3.19.